The maximum Gasteiger partial charge on any atom is 0.230 e. The Morgan fingerprint density at radius 3 is 2.70 bits per heavy atom. The van der Waals surface area contributed by atoms with Crippen LogP contribution in [-0.2, 0) is 16.6 Å². The Morgan fingerprint density at radius 2 is 1.93 bits per heavy atom. The molecule has 4 nitrogen and oxygen atoms in total. The predicted molar refractivity (Wildman–Crippen MR) is 104 cm³/mol. The summed E-state index contributed by atoms with van der Waals surface area (Å²) in [6, 6.07) is 14.4. The number of fused-ring (bicyclic) bond motifs is 1. The Kier molecular flexibility index (Phi) is 4.92. The normalized spacial score (nSPS) is 16.3. The van der Waals surface area contributed by atoms with E-state index in [1.54, 1.807) is 6.07 Å². The van der Waals surface area contributed by atoms with E-state index in [4.69, 9.17) is 0 Å². The number of aromatic amines is 1. The summed E-state index contributed by atoms with van der Waals surface area (Å²) in [6.07, 6.45) is 5.30. The molecule has 1 fully saturated rings. The quantitative estimate of drug-likeness (QED) is 0.710. The fourth-order valence-electron chi connectivity index (χ4n) is 4.18. The topological polar surface area (TPSA) is 57.8 Å². The standard InChI is InChI=1S/C22H24FN3O/c23-17-8-6-7-16(15-17)22(12-4-1-5-13-22)21(27)24-14-11-20-25-18-9-2-3-10-19(18)26-20/h2-3,6-10,15H,1,4-5,11-14H2,(H,24,27)(H,25,26). The van der Waals surface area contributed by atoms with E-state index in [1.807, 2.05) is 30.3 Å². The number of nitrogens with one attached hydrogen (secondary N) is 2. The zero-order valence-electron chi connectivity index (χ0n) is 15.3. The number of rotatable bonds is 5. The fourth-order valence-corrected chi connectivity index (χ4v) is 4.18. The average Bonchev–Trinajstić information content (AvgIpc) is 3.11. The zero-order valence-corrected chi connectivity index (χ0v) is 15.3. The molecule has 140 valence electrons. The Bertz CT molecular complexity index is 910. The second kappa shape index (κ2) is 7.51. The van der Waals surface area contributed by atoms with Crippen LogP contribution in [0.2, 0.25) is 0 Å². The van der Waals surface area contributed by atoms with Gasteiger partial charge in [0.05, 0.1) is 16.4 Å². The Morgan fingerprint density at radius 1 is 1.11 bits per heavy atom. The highest BCUT2D eigenvalue weighted by Crippen LogP contribution is 2.40. The van der Waals surface area contributed by atoms with Crippen molar-refractivity contribution in [2.45, 2.75) is 43.9 Å². The first-order chi connectivity index (χ1) is 13.2. The first-order valence-electron chi connectivity index (χ1n) is 9.65. The molecule has 0 atom stereocenters. The number of H-pyrrole nitrogens is 1. The number of nitrogens with zero attached hydrogens (tertiary/aromatic N) is 1. The van der Waals surface area contributed by atoms with Crippen LogP contribution in [0.15, 0.2) is 48.5 Å². The third-order valence-electron chi connectivity index (χ3n) is 5.60. The lowest BCUT2D eigenvalue weighted by Gasteiger charge is -2.36. The molecular formula is C22H24FN3O. The number of benzene rings is 2. The molecule has 1 aromatic heterocycles. The molecule has 1 heterocycles. The Labute approximate surface area is 158 Å². The van der Waals surface area contributed by atoms with Crippen molar-refractivity contribution >= 4 is 16.9 Å². The third-order valence-corrected chi connectivity index (χ3v) is 5.60. The maximum atomic E-state index is 13.8. The van der Waals surface area contributed by atoms with Crippen molar-refractivity contribution in [1.82, 2.24) is 15.3 Å². The van der Waals surface area contributed by atoms with Crippen LogP contribution >= 0.6 is 0 Å². The van der Waals surface area contributed by atoms with Gasteiger partial charge < -0.3 is 10.3 Å². The lowest BCUT2D eigenvalue weighted by molar-refractivity contribution is -0.128. The number of hydrogen-bond acceptors (Lipinski definition) is 2. The van der Waals surface area contributed by atoms with E-state index < -0.39 is 5.41 Å². The SMILES string of the molecule is O=C(NCCc1nc2ccccc2[nH]1)C1(c2cccc(F)c2)CCCCC1. The van der Waals surface area contributed by atoms with E-state index in [0.29, 0.717) is 13.0 Å². The summed E-state index contributed by atoms with van der Waals surface area (Å²) >= 11 is 0. The molecule has 4 rings (SSSR count). The molecule has 27 heavy (non-hydrogen) atoms. The molecule has 0 unspecified atom stereocenters. The number of halogens is 1. The van der Waals surface area contributed by atoms with Crippen molar-refractivity contribution in [3.63, 3.8) is 0 Å². The minimum atomic E-state index is -0.617. The van der Waals surface area contributed by atoms with Crippen LogP contribution in [0.1, 0.15) is 43.5 Å². The van der Waals surface area contributed by atoms with Gasteiger partial charge in [-0.15, -0.1) is 0 Å². The van der Waals surface area contributed by atoms with Gasteiger partial charge in [0.15, 0.2) is 0 Å². The molecule has 1 aliphatic carbocycles. The molecule has 1 amide bonds. The van der Waals surface area contributed by atoms with Crippen molar-refractivity contribution < 1.29 is 9.18 Å². The van der Waals surface area contributed by atoms with Gasteiger partial charge in [-0.05, 0) is 42.7 Å². The Balaban J connectivity index is 1.47. The second-order valence-electron chi connectivity index (χ2n) is 7.36. The van der Waals surface area contributed by atoms with Crippen molar-refractivity contribution in [1.29, 1.82) is 0 Å². The fraction of sp³-hybridized carbons (Fsp3) is 0.364. The van der Waals surface area contributed by atoms with Crippen molar-refractivity contribution in [3.05, 3.63) is 65.7 Å². The van der Waals surface area contributed by atoms with Gasteiger partial charge in [0.25, 0.3) is 0 Å². The summed E-state index contributed by atoms with van der Waals surface area (Å²) < 4.78 is 13.8. The van der Waals surface area contributed by atoms with Crippen LogP contribution in [0.5, 0.6) is 0 Å². The van der Waals surface area contributed by atoms with Crippen molar-refractivity contribution in [2.24, 2.45) is 0 Å². The molecule has 1 aliphatic rings. The monoisotopic (exact) mass is 365 g/mol. The third kappa shape index (κ3) is 3.59. The zero-order chi connectivity index (χ0) is 18.7. The van der Waals surface area contributed by atoms with Gasteiger partial charge in [-0.2, -0.15) is 0 Å². The highest BCUT2D eigenvalue weighted by Gasteiger charge is 2.41. The number of amides is 1. The summed E-state index contributed by atoms with van der Waals surface area (Å²) in [5, 5.41) is 3.08. The van der Waals surface area contributed by atoms with Crippen LogP contribution in [0.3, 0.4) is 0 Å². The number of hydrogen-bond donors (Lipinski definition) is 2. The number of para-hydroxylation sites is 2. The van der Waals surface area contributed by atoms with Crippen LogP contribution < -0.4 is 5.32 Å². The molecular weight excluding hydrogens is 341 g/mol. The molecule has 5 heteroatoms. The maximum absolute atomic E-state index is 13.8. The lowest BCUT2D eigenvalue weighted by Crippen LogP contribution is -2.46. The summed E-state index contributed by atoms with van der Waals surface area (Å²) in [5.41, 5.74) is 2.11. The molecule has 0 spiro atoms. The summed E-state index contributed by atoms with van der Waals surface area (Å²) in [6.45, 7) is 0.510. The van der Waals surface area contributed by atoms with Crippen molar-refractivity contribution in [2.75, 3.05) is 6.54 Å². The van der Waals surface area contributed by atoms with E-state index in [9.17, 15) is 9.18 Å². The second-order valence-corrected chi connectivity index (χ2v) is 7.36. The van der Waals surface area contributed by atoms with Crippen LogP contribution in [0, 0.1) is 5.82 Å². The summed E-state index contributed by atoms with van der Waals surface area (Å²) in [5.74, 6) is 0.580. The molecule has 3 aromatic rings. The number of carbonyl (C=O) groups excluding carboxylic acids is 1. The van der Waals surface area contributed by atoms with Crippen molar-refractivity contribution in [3.8, 4) is 0 Å². The molecule has 0 saturated heterocycles. The van der Waals surface area contributed by atoms with Gasteiger partial charge >= 0.3 is 0 Å². The molecule has 2 aromatic carbocycles. The average molecular weight is 365 g/mol. The first-order valence-corrected chi connectivity index (χ1v) is 9.65. The predicted octanol–water partition coefficient (Wildman–Crippen LogP) is 4.26. The molecule has 1 saturated carbocycles. The number of aromatic nitrogens is 2. The minimum Gasteiger partial charge on any atom is -0.355 e. The lowest BCUT2D eigenvalue weighted by atomic mass is 9.68. The molecule has 2 N–H and O–H groups in total. The summed E-state index contributed by atoms with van der Waals surface area (Å²) in [7, 11) is 0. The van der Waals surface area contributed by atoms with E-state index in [1.165, 1.54) is 12.1 Å². The number of imidazole rings is 1. The van der Waals surface area contributed by atoms with Gasteiger partial charge in [0, 0.05) is 13.0 Å². The first kappa shape index (κ1) is 17.7. The van der Waals surface area contributed by atoms with E-state index in [2.05, 4.69) is 15.3 Å². The van der Waals surface area contributed by atoms with E-state index >= 15 is 0 Å². The van der Waals surface area contributed by atoms with E-state index in [-0.39, 0.29) is 11.7 Å². The van der Waals surface area contributed by atoms with E-state index in [0.717, 1.165) is 54.5 Å². The van der Waals surface area contributed by atoms with Gasteiger partial charge in [0.2, 0.25) is 5.91 Å². The smallest absolute Gasteiger partial charge is 0.230 e. The number of carbonyl (C=O) groups is 1. The molecule has 0 aliphatic heterocycles. The van der Waals surface area contributed by atoms with Gasteiger partial charge in [-0.3, -0.25) is 4.79 Å². The Hall–Kier alpha value is -2.69. The molecule has 0 bridgehead atoms. The van der Waals surface area contributed by atoms with Crippen LogP contribution in [0.25, 0.3) is 11.0 Å². The van der Waals surface area contributed by atoms with Crippen LogP contribution in [0.4, 0.5) is 4.39 Å². The highest BCUT2D eigenvalue weighted by molar-refractivity contribution is 5.88. The molecule has 0 radical (unpaired) electrons. The van der Waals surface area contributed by atoms with Gasteiger partial charge in [-0.1, -0.05) is 43.5 Å². The van der Waals surface area contributed by atoms with Crippen LogP contribution in [-0.4, -0.2) is 22.4 Å². The summed E-state index contributed by atoms with van der Waals surface area (Å²) in [4.78, 5) is 21.0. The largest absolute Gasteiger partial charge is 0.355 e. The highest BCUT2D eigenvalue weighted by atomic mass is 19.1. The minimum absolute atomic E-state index is 0.00362. The van der Waals surface area contributed by atoms with Gasteiger partial charge in [-0.25, -0.2) is 9.37 Å². The van der Waals surface area contributed by atoms with Gasteiger partial charge in [0.1, 0.15) is 11.6 Å².